The number of carbonyl (C=O) groups excluding carboxylic acids is 1. The normalized spacial score (nSPS) is 13.8. The van der Waals surface area contributed by atoms with E-state index in [1.807, 2.05) is 36.4 Å². The Kier molecular flexibility index (Phi) is 6.06. The van der Waals surface area contributed by atoms with Crippen LogP contribution in [0.1, 0.15) is 36.0 Å². The van der Waals surface area contributed by atoms with E-state index in [1.165, 1.54) is 5.56 Å². The molecule has 26 heavy (non-hydrogen) atoms. The van der Waals surface area contributed by atoms with E-state index in [0.29, 0.717) is 6.54 Å². The summed E-state index contributed by atoms with van der Waals surface area (Å²) in [6.45, 7) is 0.525. The van der Waals surface area contributed by atoms with Crippen molar-refractivity contribution in [3.63, 3.8) is 0 Å². The Balaban J connectivity index is 1.49. The zero-order chi connectivity index (χ0) is 18.4. The Bertz CT molecular complexity index is 864. The lowest BCUT2D eigenvalue weighted by molar-refractivity contribution is -0.121. The summed E-state index contributed by atoms with van der Waals surface area (Å²) in [5.41, 5.74) is 3.38. The molecule has 0 aromatic heterocycles. The quantitative estimate of drug-likeness (QED) is 0.784. The van der Waals surface area contributed by atoms with Crippen molar-refractivity contribution in [2.45, 2.75) is 43.5 Å². The topological polar surface area (TPSA) is 75.3 Å². The SMILES string of the molecule is O=C(CCNS(=O)(=O)c1ccc2c(c1)CCCC2)NCc1ccccc1. The van der Waals surface area contributed by atoms with Gasteiger partial charge in [-0.15, -0.1) is 0 Å². The van der Waals surface area contributed by atoms with E-state index in [2.05, 4.69) is 10.0 Å². The van der Waals surface area contributed by atoms with Crippen molar-refractivity contribution in [2.24, 2.45) is 0 Å². The van der Waals surface area contributed by atoms with E-state index in [9.17, 15) is 13.2 Å². The predicted octanol–water partition coefficient (Wildman–Crippen LogP) is 2.55. The standard InChI is InChI=1S/C20H24N2O3S/c23-20(21-15-16-6-2-1-3-7-16)12-13-22-26(24,25)19-11-10-17-8-4-5-9-18(17)14-19/h1-3,6-7,10-11,14,22H,4-5,8-9,12-13,15H2,(H,21,23). The van der Waals surface area contributed by atoms with Gasteiger partial charge in [-0.3, -0.25) is 4.79 Å². The minimum absolute atomic E-state index is 0.0834. The molecule has 0 aliphatic heterocycles. The molecule has 1 amide bonds. The first kappa shape index (κ1) is 18.6. The Morgan fingerprint density at radius 1 is 0.962 bits per heavy atom. The van der Waals surface area contributed by atoms with Crippen molar-refractivity contribution in [1.29, 1.82) is 0 Å². The van der Waals surface area contributed by atoms with E-state index in [0.717, 1.165) is 36.8 Å². The highest BCUT2D eigenvalue weighted by Gasteiger charge is 2.17. The number of hydrogen-bond acceptors (Lipinski definition) is 3. The van der Waals surface area contributed by atoms with Gasteiger partial charge in [0.15, 0.2) is 0 Å². The molecule has 2 aromatic rings. The molecule has 0 saturated heterocycles. The highest BCUT2D eigenvalue weighted by molar-refractivity contribution is 7.89. The lowest BCUT2D eigenvalue weighted by Gasteiger charge is -2.16. The molecule has 0 unspecified atom stereocenters. The summed E-state index contributed by atoms with van der Waals surface area (Å²) in [6, 6.07) is 14.9. The van der Waals surface area contributed by atoms with Crippen LogP contribution in [0.2, 0.25) is 0 Å². The number of amides is 1. The third kappa shape index (κ3) is 4.93. The zero-order valence-corrected chi connectivity index (χ0v) is 15.5. The van der Waals surface area contributed by atoms with E-state index in [1.54, 1.807) is 12.1 Å². The van der Waals surface area contributed by atoms with Crippen molar-refractivity contribution < 1.29 is 13.2 Å². The van der Waals surface area contributed by atoms with Crippen LogP contribution in [0.5, 0.6) is 0 Å². The molecule has 6 heteroatoms. The molecule has 0 saturated carbocycles. The summed E-state index contributed by atoms with van der Waals surface area (Å²) in [7, 11) is -3.59. The van der Waals surface area contributed by atoms with Gasteiger partial charge in [-0.05, 0) is 54.5 Å². The van der Waals surface area contributed by atoms with Crippen LogP contribution in [-0.2, 0) is 34.2 Å². The van der Waals surface area contributed by atoms with Crippen molar-refractivity contribution in [2.75, 3.05) is 6.54 Å². The number of fused-ring (bicyclic) bond motifs is 1. The first-order chi connectivity index (χ1) is 12.5. The van der Waals surface area contributed by atoms with Gasteiger partial charge < -0.3 is 5.32 Å². The fourth-order valence-corrected chi connectivity index (χ4v) is 4.23. The van der Waals surface area contributed by atoms with E-state index in [4.69, 9.17) is 0 Å². The van der Waals surface area contributed by atoms with Crippen LogP contribution in [0, 0.1) is 0 Å². The molecule has 0 atom stereocenters. The maximum atomic E-state index is 12.4. The van der Waals surface area contributed by atoms with Crippen LogP contribution in [0.4, 0.5) is 0 Å². The monoisotopic (exact) mass is 372 g/mol. The molecular formula is C20H24N2O3S. The molecule has 138 valence electrons. The fraction of sp³-hybridized carbons (Fsp3) is 0.350. The first-order valence-corrected chi connectivity index (χ1v) is 10.4. The van der Waals surface area contributed by atoms with E-state index < -0.39 is 10.0 Å². The maximum absolute atomic E-state index is 12.4. The fourth-order valence-electron chi connectivity index (χ4n) is 3.14. The van der Waals surface area contributed by atoms with Crippen LogP contribution in [0.15, 0.2) is 53.4 Å². The Labute approximate surface area is 154 Å². The summed E-state index contributed by atoms with van der Waals surface area (Å²) >= 11 is 0. The molecule has 2 aromatic carbocycles. The lowest BCUT2D eigenvalue weighted by Crippen LogP contribution is -2.30. The first-order valence-electron chi connectivity index (χ1n) is 8.97. The van der Waals surface area contributed by atoms with Crippen molar-refractivity contribution >= 4 is 15.9 Å². The van der Waals surface area contributed by atoms with Gasteiger partial charge in [-0.25, -0.2) is 13.1 Å². The minimum atomic E-state index is -3.59. The highest BCUT2D eigenvalue weighted by Crippen LogP contribution is 2.23. The van der Waals surface area contributed by atoms with Gasteiger partial charge >= 0.3 is 0 Å². The Hall–Kier alpha value is -2.18. The van der Waals surface area contributed by atoms with Gasteiger partial charge in [0.05, 0.1) is 4.90 Å². The number of rotatable bonds is 7. The second-order valence-electron chi connectivity index (χ2n) is 6.55. The summed E-state index contributed by atoms with van der Waals surface area (Å²) in [4.78, 5) is 12.2. The molecule has 1 aliphatic rings. The Morgan fingerprint density at radius 3 is 2.46 bits per heavy atom. The molecule has 0 fully saturated rings. The molecule has 0 bridgehead atoms. The van der Waals surface area contributed by atoms with Crippen molar-refractivity contribution in [3.05, 3.63) is 65.2 Å². The van der Waals surface area contributed by atoms with Crippen molar-refractivity contribution in [3.8, 4) is 0 Å². The predicted molar refractivity (Wildman–Crippen MR) is 101 cm³/mol. The largest absolute Gasteiger partial charge is 0.352 e. The zero-order valence-electron chi connectivity index (χ0n) is 14.7. The number of carbonyl (C=O) groups is 1. The number of aryl methyl sites for hydroxylation is 2. The average Bonchev–Trinajstić information content (AvgIpc) is 2.66. The molecule has 0 radical (unpaired) electrons. The smallest absolute Gasteiger partial charge is 0.240 e. The van der Waals surface area contributed by atoms with Gasteiger partial charge in [-0.1, -0.05) is 36.4 Å². The van der Waals surface area contributed by atoms with Crippen LogP contribution in [-0.4, -0.2) is 20.9 Å². The number of sulfonamides is 1. The molecule has 0 spiro atoms. The summed E-state index contributed by atoms with van der Waals surface area (Å²) in [6.07, 6.45) is 4.32. The Morgan fingerprint density at radius 2 is 1.69 bits per heavy atom. The second kappa shape index (κ2) is 8.47. The molecular weight excluding hydrogens is 348 g/mol. The molecule has 2 N–H and O–H groups in total. The van der Waals surface area contributed by atoms with E-state index in [-0.39, 0.29) is 23.8 Å². The van der Waals surface area contributed by atoms with Gasteiger partial charge in [0, 0.05) is 19.5 Å². The van der Waals surface area contributed by atoms with Gasteiger partial charge in [0.25, 0.3) is 0 Å². The summed E-state index contributed by atoms with van der Waals surface area (Å²) in [5.74, 6) is -0.179. The van der Waals surface area contributed by atoms with Gasteiger partial charge in [0.1, 0.15) is 0 Å². The molecule has 5 nitrogen and oxygen atoms in total. The average molecular weight is 372 g/mol. The lowest BCUT2D eigenvalue weighted by atomic mass is 9.92. The number of benzene rings is 2. The summed E-state index contributed by atoms with van der Waals surface area (Å²) < 4.78 is 27.4. The third-order valence-electron chi connectivity index (χ3n) is 4.61. The van der Waals surface area contributed by atoms with Crippen LogP contribution in [0.25, 0.3) is 0 Å². The second-order valence-corrected chi connectivity index (χ2v) is 8.31. The minimum Gasteiger partial charge on any atom is -0.352 e. The van der Waals surface area contributed by atoms with Crippen molar-refractivity contribution in [1.82, 2.24) is 10.0 Å². The molecule has 1 aliphatic carbocycles. The molecule has 0 heterocycles. The van der Waals surface area contributed by atoms with Crippen LogP contribution >= 0.6 is 0 Å². The van der Waals surface area contributed by atoms with Crippen LogP contribution in [0.3, 0.4) is 0 Å². The highest BCUT2D eigenvalue weighted by atomic mass is 32.2. The molecule has 3 rings (SSSR count). The van der Waals surface area contributed by atoms with Gasteiger partial charge in [0.2, 0.25) is 15.9 Å². The third-order valence-corrected chi connectivity index (χ3v) is 6.07. The van der Waals surface area contributed by atoms with Gasteiger partial charge in [-0.2, -0.15) is 0 Å². The van der Waals surface area contributed by atoms with E-state index >= 15 is 0 Å². The maximum Gasteiger partial charge on any atom is 0.240 e. The van der Waals surface area contributed by atoms with Crippen LogP contribution < -0.4 is 10.0 Å². The number of hydrogen-bond donors (Lipinski definition) is 2. The summed E-state index contributed by atoms with van der Waals surface area (Å²) in [5, 5.41) is 2.79. The number of nitrogens with one attached hydrogen (secondary N) is 2.